The van der Waals surface area contributed by atoms with Crippen LogP contribution in [-0.4, -0.2) is 25.9 Å². The molecule has 3 aromatic rings. The monoisotopic (exact) mass is 320 g/mol. The van der Waals surface area contributed by atoms with Gasteiger partial charge in [-0.3, -0.25) is 9.78 Å². The normalized spacial score (nSPS) is 10.2. The van der Waals surface area contributed by atoms with Crippen LogP contribution in [0.4, 0.5) is 17.5 Å². The fourth-order valence-corrected chi connectivity index (χ4v) is 2.05. The molecule has 0 fully saturated rings. The van der Waals surface area contributed by atoms with E-state index in [2.05, 4.69) is 30.8 Å². The van der Waals surface area contributed by atoms with Crippen molar-refractivity contribution in [3.63, 3.8) is 0 Å². The van der Waals surface area contributed by atoms with Crippen LogP contribution < -0.4 is 10.6 Å². The molecule has 1 aromatic carbocycles. The van der Waals surface area contributed by atoms with Gasteiger partial charge in [-0.25, -0.2) is 0 Å². The van der Waals surface area contributed by atoms with Gasteiger partial charge in [0.05, 0.1) is 6.20 Å². The molecule has 0 unspecified atom stereocenters. The maximum Gasteiger partial charge on any atom is 0.249 e. The summed E-state index contributed by atoms with van der Waals surface area (Å²) in [7, 11) is 0. The average molecular weight is 320 g/mol. The van der Waals surface area contributed by atoms with Crippen LogP contribution >= 0.6 is 0 Å². The van der Waals surface area contributed by atoms with Gasteiger partial charge in [-0.2, -0.15) is 10.1 Å². The Morgan fingerprint density at radius 3 is 2.67 bits per heavy atom. The average Bonchev–Trinajstić information content (AvgIpc) is 2.62. The first-order valence-corrected chi connectivity index (χ1v) is 7.41. The van der Waals surface area contributed by atoms with Crippen molar-refractivity contribution in [3.05, 3.63) is 66.1 Å². The van der Waals surface area contributed by atoms with Gasteiger partial charge in [0.15, 0.2) is 11.6 Å². The van der Waals surface area contributed by atoms with Crippen molar-refractivity contribution >= 4 is 23.2 Å². The maximum atomic E-state index is 11.3. The summed E-state index contributed by atoms with van der Waals surface area (Å²) in [6, 6.07) is 11.0. The summed E-state index contributed by atoms with van der Waals surface area (Å²) >= 11 is 0. The lowest BCUT2D eigenvalue weighted by Gasteiger charge is -2.08. The molecule has 0 atom stereocenters. The SMILES string of the molecule is CC(=O)c1ccc(Nc2nncc(NCc3cccnc3)n2)cc1. The van der Waals surface area contributed by atoms with E-state index >= 15 is 0 Å². The summed E-state index contributed by atoms with van der Waals surface area (Å²) in [5.74, 6) is 1.01. The third kappa shape index (κ3) is 4.10. The number of hydrogen-bond acceptors (Lipinski definition) is 7. The van der Waals surface area contributed by atoms with Crippen molar-refractivity contribution in [1.29, 1.82) is 0 Å². The molecule has 0 saturated carbocycles. The van der Waals surface area contributed by atoms with Gasteiger partial charge < -0.3 is 10.6 Å². The zero-order valence-electron chi connectivity index (χ0n) is 13.1. The van der Waals surface area contributed by atoms with Gasteiger partial charge in [-0.15, -0.1) is 5.10 Å². The molecule has 2 N–H and O–H groups in total. The number of ketones is 1. The van der Waals surface area contributed by atoms with Crippen LogP contribution in [0.15, 0.2) is 55.0 Å². The highest BCUT2D eigenvalue weighted by atomic mass is 16.1. The molecular weight excluding hydrogens is 304 g/mol. The molecular formula is C17H16N6O. The highest BCUT2D eigenvalue weighted by molar-refractivity contribution is 5.94. The van der Waals surface area contributed by atoms with Gasteiger partial charge >= 0.3 is 0 Å². The number of hydrogen-bond donors (Lipinski definition) is 2. The number of benzene rings is 1. The maximum absolute atomic E-state index is 11.3. The van der Waals surface area contributed by atoms with Gasteiger partial charge in [0.2, 0.25) is 5.95 Å². The van der Waals surface area contributed by atoms with E-state index in [0.29, 0.717) is 23.9 Å². The minimum atomic E-state index is 0.0288. The van der Waals surface area contributed by atoms with E-state index in [9.17, 15) is 4.79 Å². The van der Waals surface area contributed by atoms with E-state index in [1.165, 1.54) is 6.92 Å². The first-order chi connectivity index (χ1) is 11.7. The third-order valence-electron chi connectivity index (χ3n) is 3.30. The molecule has 0 amide bonds. The molecule has 0 spiro atoms. The van der Waals surface area contributed by atoms with Crippen molar-refractivity contribution in [1.82, 2.24) is 20.2 Å². The fraction of sp³-hybridized carbons (Fsp3) is 0.118. The quantitative estimate of drug-likeness (QED) is 0.675. The molecule has 2 aromatic heterocycles. The Hall–Kier alpha value is -3.35. The lowest BCUT2D eigenvalue weighted by Crippen LogP contribution is -2.05. The third-order valence-corrected chi connectivity index (χ3v) is 3.30. The van der Waals surface area contributed by atoms with Crippen molar-refractivity contribution in [2.75, 3.05) is 10.6 Å². The van der Waals surface area contributed by atoms with Crippen molar-refractivity contribution in [2.45, 2.75) is 13.5 Å². The predicted octanol–water partition coefficient (Wildman–Crippen LogP) is 2.82. The van der Waals surface area contributed by atoms with Crippen molar-refractivity contribution in [3.8, 4) is 0 Å². The molecule has 7 nitrogen and oxygen atoms in total. The summed E-state index contributed by atoms with van der Waals surface area (Å²) in [5, 5.41) is 14.1. The Morgan fingerprint density at radius 1 is 1.12 bits per heavy atom. The Labute approximate surface area is 139 Å². The standard InChI is InChI=1S/C17H16N6O/c1-12(24)14-4-6-15(7-5-14)21-17-22-16(11-20-23-17)19-10-13-3-2-8-18-9-13/h2-9,11H,10H2,1H3,(H2,19,21,22,23). The lowest BCUT2D eigenvalue weighted by molar-refractivity contribution is 0.101. The molecule has 0 aliphatic carbocycles. The first kappa shape index (κ1) is 15.5. The molecule has 2 heterocycles. The molecule has 0 aliphatic rings. The van der Waals surface area contributed by atoms with E-state index in [-0.39, 0.29) is 5.78 Å². The minimum Gasteiger partial charge on any atom is -0.364 e. The molecule has 0 bridgehead atoms. The van der Waals surface area contributed by atoms with E-state index in [1.54, 1.807) is 42.9 Å². The summed E-state index contributed by atoms with van der Waals surface area (Å²) in [6.07, 6.45) is 5.08. The smallest absolute Gasteiger partial charge is 0.249 e. The lowest BCUT2D eigenvalue weighted by atomic mass is 10.1. The molecule has 7 heteroatoms. The molecule has 3 rings (SSSR count). The van der Waals surface area contributed by atoms with Gasteiger partial charge in [-0.1, -0.05) is 6.07 Å². The summed E-state index contributed by atoms with van der Waals surface area (Å²) in [4.78, 5) is 19.7. The number of anilines is 3. The second-order valence-corrected chi connectivity index (χ2v) is 5.14. The molecule has 0 radical (unpaired) electrons. The number of nitrogens with zero attached hydrogens (tertiary/aromatic N) is 4. The zero-order valence-corrected chi connectivity index (χ0v) is 13.1. The van der Waals surface area contributed by atoms with E-state index < -0.39 is 0 Å². The first-order valence-electron chi connectivity index (χ1n) is 7.41. The van der Waals surface area contributed by atoms with Gasteiger partial charge in [0.25, 0.3) is 0 Å². The van der Waals surface area contributed by atoms with E-state index in [0.717, 1.165) is 11.3 Å². The zero-order chi connectivity index (χ0) is 16.8. The largest absolute Gasteiger partial charge is 0.364 e. The van der Waals surface area contributed by atoms with Crippen LogP contribution in [0.25, 0.3) is 0 Å². The van der Waals surface area contributed by atoms with Crippen LogP contribution in [0.5, 0.6) is 0 Å². The highest BCUT2D eigenvalue weighted by Gasteiger charge is 2.03. The number of rotatable bonds is 6. The number of pyridine rings is 1. The van der Waals surface area contributed by atoms with Crippen LogP contribution in [0.3, 0.4) is 0 Å². The Morgan fingerprint density at radius 2 is 1.96 bits per heavy atom. The molecule has 120 valence electrons. The van der Waals surface area contributed by atoms with Gasteiger partial charge in [0.1, 0.15) is 0 Å². The van der Waals surface area contributed by atoms with Gasteiger partial charge in [0, 0.05) is 30.2 Å². The minimum absolute atomic E-state index is 0.0288. The number of Topliss-reactive ketones (excluding diaryl/α,β-unsaturated/α-hetero) is 1. The second kappa shape index (κ2) is 7.28. The van der Waals surface area contributed by atoms with Crippen molar-refractivity contribution < 1.29 is 4.79 Å². The van der Waals surface area contributed by atoms with Crippen LogP contribution in [0.2, 0.25) is 0 Å². The van der Waals surface area contributed by atoms with Crippen LogP contribution in [-0.2, 0) is 6.54 Å². The Kier molecular flexibility index (Phi) is 4.71. The van der Waals surface area contributed by atoms with E-state index in [4.69, 9.17) is 0 Å². The molecule has 0 saturated heterocycles. The predicted molar refractivity (Wildman–Crippen MR) is 91.1 cm³/mol. The molecule has 0 aliphatic heterocycles. The number of aromatic nitrogens is 4. The van der Waals surface area contributed by atoms with E-state index in [1.807, 2.05) is 12.1 Å². The topological polar surface area (TPSA) is 92.7 Å². The number of carbonyl (C=O) groups excluding carboxylic acids is 1. The summed E-state index contributed by atoms with van der Waals surface area (Å²) in [6.45, 7) is 2.13. The highest BCUT2D eigenvalue weighted by Crippen LogP contribution is 2.15. The summed E-state index contributed by atoms with van der Waals surface area (Å²) in [5.41, 5.74) is 2.49. The number of nitrogens with one attached hydrogen (secondary N) is 2. The van der Waals surface area contributed by atoms with Crippen LogP contribution in [0, 0.1) is 0 Å². The second-order valence-electron chi connectivity index (χ2n) is 5.14. The van der Waals surface area contributed by atoms with Gasteiger partial charge in [-0.05, 0) is 42.8 Å². The molecule has 24 heavy (non-hydrogen) atoms. The number of carbonyl (C=O) groups is 1. The Bertz CT molecular complexity index is 820. The van der Waals surface area contributed by atoms with Crippen LogP contribution in [0.1, 0.15) is 22.8 Å². The Balaban J connectivity index is 1.65. The summed E-state index contributed by atoms with van der Waals surface area (Å²) < 4.78 is 0. The fourth-order valence-electron chi connectivity index (χ4n) is 2.05. The van der Waals surface area contributed by atoms with Crippen molar-refractivity contribution in [2.24, 2.45) is 0 Å².